The maximum absolute atomic E-state index is 6.19. The third-order valence-electron chi connectivity index (χ3n) is 9.03. The molecule has 2 heteroatoms. The summed E-state index contributed by atoms with van der Waals surface area (Å²) < 4.78 is 8.65. The lowest BCUT2D eigenvalue weighted by molar-refractivity contribution is -0.677. The summed E-state index contributed by atoms with van der Waals surface area (Å²) in [5, 5.41) is 1.27. The van der Waals surface area contributed by atoms with Crippen LogP contribution in [0, 0.1) is 0 Å². The molecule has 1 aliphatic carbocycles. The van der Waals surface area contributed by atoms with Crippen molar-refractivity contribution in [3.05, 3.63) is 148 Å². The summed E-state index contributed by atoms with van der Waals surface area (Å²) in [5.41, 5.74) is 15.7. The van der Waals surface area contributed by atoms with E-state index in [1.165, 1.54) is 66.7 Å². The highest BCUT2D eigenvalue weighted by molar-refractivity contribution is 6.03. The first-order valence-electron chi connectivity index (χ1n) is 14.3. The van der Waals surface area contributed by atoms with Gasteiger partial charge in [-0.15, -0.1) is 0 Å². The fraction of sp³-hybridized carbons (Fsp3) is 0.184. The van der Waals surface area contributed by atoms with E-state index in [9.17, 15) is 0 Å². The van der Waals surface area contributed by atoms with Crippen LogP contribution in [0.3, 0.4) is 0 Å². The van der Waals surface area contributed by atoms with Gasteiger partial charge in [0, 0.05) is 34.6 Å². The van der Waals surface area contributed by atoms with Crippen molar-refractivity contribution in [2.45, 2.75) is 45.1 Å². The lowest BCUT2D eigenvalue weighted by atomic mass is 9.75. The Balaban J connectivity index is 1.53. The Morgan fingerprint density at radius 1 is 0.725 bits per heavy atom. The standard InChI is InChI=1S/C38H32NO/c1-38(2,3)26-18-19-39-22-25-12-7-8-13-27(25)36(24-10-5-4-6-11-24)30-15-9-14-28-31(30)21-32-29(34(39)20-26)16-17-35-37(32)33(28)23-40-35/h4-20,23,36H,21-22H2,1-3H3/q+1. The van der Waals surface area contributed by atoms with E-state index in [0.717, 1.165) is 18.5 Å². The second kappa shape index (κ2) is 8.53. The lowest BCUT2D eigenvalue weighted by Crippen LogP contribution is -2.38. The minimum Gasteiger partial charge on any atom is -0.464 e. The zero-order chi connectivity index (χ0) is 27.0. The van der Waals surface area contributed by atoms with Crippen molar-refractivity contribution in [2.75, 3.05) is 0 Å². The average molecular weight is 519 g/mol. The number of pyridine rings is 1. The average Bonchev–Trinajstić information content (AvgIpc) is 3.40. The maximum atomic E-state index is 6.19. The van der Waals surface area contributed by atoms with E-state index in [4.69, 9.17) is 4.42 Å². The highest BCUT2D eigenvalue weighted by Crippen LogP contribution is 2.48. The Bertz CT molecular complexity index is 1940. The molecule has 0 amide bonds. The molecule has 4 aromatic carbocycles. The number of furan rings is 1. The summed E-state index contributed by atoms with van der Waals surface area (Å²) >= 11 is 0. The summed E-state index contributed by atoms with van der Waals surface area (Å²) in [7, 11) is 0. The first kappa shape index (κ1) is 23.5. The van der Waals surface area contributed by atoms with Crippen LogP contribution in [0.1, 0.15) is 65.6 Å². The molecule has 2 aromatic heterocycles. The summed E-state index contributed by atoms with van der Waals surface area (Å²) in [6.07, 6.45) is 5.16. The molecule has 0 saturated carbocycles. The van der Waals surface area contributed by atoms with Crippen LogP contribution < -0.4 is 4.57 Å². The lowest BCUT2D eigenvalue weighted by Gasteiger charge is -2.27. The zero-order valence-electron chi connectivity index (χ0n) is 23.2. The number of aromatic nitrogens is 1. The predicted molar refractivity (Wildman–Crippen MR) is 162 cm³/mol. The Morgan fingerprint density at radius 2 is 1.52 bits per heavy atom. The summed E-state index contributed by atoms with van der Waals surface area (Å²) in [5.74, 6) is 0.138. The number of nitrogens with zero attached hydrogens (tertiary/aromatic N) is 1. The molecule has 0 radical (unpaired) electrons. The Morgan fingerprint density at radius 3 is 2.38 bits per heavy atom. The van der Waals surface area contributed by atoms with Gasteiger partial charge in [0.2, 0.25) is 5.69 Å². The van der Waals surface area contributed by atoms with E-state index in [1.54, 1.807) is 0 Å². The first-order valence-corrected chi connectivity index (χ1v) is 14.3. The fourth-order valence-electron chi connectivity index (χ4n) is 7.01. The molecular weight excluding hydrogens is 486 g/mol. The highest BCUT2D eigenvalue weighted by atomic mass is 16.3. The highest BCUT2D eigenvalue weighted by Gasteiger charge is 2.33. The number of hydrogen-bond acceptors (Lipinski definition) is 1. The number of benzene rings is 4. The SMILES string of the molecule is CC(C)(C)c1cc[n+]2c(c1)-c1ccc3occ4c3c1Cc1c-4cccc1C(c1ccccc1)c1ccccc1C2. The molecule has 2 aliphatic rings. The smallest absolute Gasteiger partial charge is 0.213 e. The molecule has 0 spiro atoms. The van der Waals surface area contributed by atoms with Gasteiger partial charge in [0.1, 0.15) is 5.58 Å². The largest absolute Gasteiger partial charge is 0.464 e. The Labute approximate surface area is 235 Å². The van der Waals surface area contributed by atoms with Crippen molar-refractivity contribution in [3.63, 3.8) is 0 Å². The van der Waals surface area contributed by atoms with Crippen molar-refractivity contribution >= 4 is 11.0 Å². The zero-order valence-corrected chi connectivity index (χ0v) is 23.2. The normalized spacial score (nSPS) is 15.4. The van der Waals surface area contributed by atoms with E-state index in [-0.39, 0.29) is 11.3 Å². The maximum Gasteiger partial charge on any atom is 0.213 e. The van der Waals surface area contributed by atoms with Crippen LogP contribution in [0.2, 0.25) is 0 Å². The molecule has 6 aromatic rings. The van der Waals surface area contributed by atoms with E-state index in [1.807, 2.05) is 6.26 Å². The minimum absolute atomic E-state index is 0.0556. The van der Waals surface area contributed by atoms with E-state index >= 15 is 0 Å². The fourth-order valence-corrected chi connectivity index (χ4v) is 7.01. The van der Waals surface area contributed by atoms with Crippen LogP contribution >= 0.6 is 0 Å². The minimum atomic E-state index is 0.0556. The molecule has 1 unspecified atom stereocenters. The van der Waals surface area contributed by atoms with Crippen LogP contribution in [0.25, 0.3) is 33.4 Å². The van der Waals surface area contributed by atoms with Crippen LogP contribution in [0.5, 0.6) is 0 Å². The van der Waals surface area contributed by atoms with Crippen molar-refractivity contribution in [1.29, 1.82) is 0 Å². The van der Waals surface area contributed by atoms with E-state index in [0.29, 0.717) is 0 Å². The van der Waals surface area contributed by atoms with Crippen molar-refractivity contribution in [3.8, 4) is 22.4 Å². The van der Waals surface area contributed by atoms with E-state index < -0.39 is 0 Å². The van der Waals surface area contributed by atoms with Gasteiger partial charge in [-0.05, 0) is 62.9 Å². The van der Waals surface area contributed by atoms with Crippen LogP contribution in [0.15, 0.2) is 114 Å². The molecular formula is C38H32NO+. The topological polar surface area (TPSA) is 17.0 Å². The van der Waals surface area contributed by atoms with Crippen LogP contribution in [0.4, 0.5) is 0 Å². The molecule has 1 aliphatic heterocycles. The van der Waals surface area contributed by atoms with Gasteiger partial charge in [-0.2, -0.15) is 4.57 Å². The number of fused-ring (bicyclic) bond motifs is 4. The second-order valence-electron chi connectivity index (χ2n) is 12.4. The summed E-state index contributed by atoms with van der Waals surface area (Å²) in [4.78, 5) is 0. The quantitative estimate of drug-likeness (QED) is 0.198. The third kappa shape index (κ3) is 3.45. The van der Waals surface area contributed by atoms with Crippen LogP contribution in [-0.4, -0.2) is 0 Å². The van der Waals surface area contributed by atoms with Crippen molar-refractivity contribution in [2.24, 2.45) is 0 Å². The van der Waals surface area contributed by atoms with Gasteiger partial charge in [0.05, 0.1) is 11.8 Å². The second-order valence-corrected chi connectivity index (χ2v) is 12.4. The molecule has 194 valence electrons. The van der Waals surface area contributed by atoms with Gasteiger partial charge in [0.25, 0.3) is 0 Å². The number of rotatable bonds is 1. The molecule has 40 heavy (non-hydrogen) atoms. The monoisotopic (exact) mass is 518 g/mol. The molecule has 1 atom stereocenters. The predicted octanol–water partition coefficient (Wildman–Crippen LogP) is 8.80. The van der Waals surface area contributed by atoms with Gasteiger partial charge >= 0.3 is 0 Å². The van der Waals surface area contributed by atoms with E-state index in [2.05, 4.69) is 129 Å². The van der Waals surface area contributed by atoms with Gasteiger partial charge in [-0.1, -0.05) is 93.6 Å². The van der Waals surface area contributed by atoms with Crippen LogP contribution in [-0.2, 0) is 18.4 Å². The van der Waals surface area contributed by atoms with Gasteiger partial charge in [-0.3, -0.25) is 0 Å². The molecule has 0 saturated heterocycles. The Hall–Kier alpha value is -4.43. The molecule has 8 rings (SSSR count). The number of hydrogen-bond donors (Lipinski definition) is 0. The molecule has 2 bridgehead atoms. The summed E-state index contributed by atoms with van der Waals surface area (Å²) in [6, 6.07) is 36.1. The van der Waals surface area contributed by atoms with Gasteiger partial charge < -0.3 is 4.42 Å². The van der Waals surface area contributed by atoms with Gasteiger partial charge in [-0.25, -0.2) is 0 Å². The van der Waals surface area contributed by atoms with Crippen molar-refractivity contribution in [1.82, 2.24) is 0 Å². The van der Waals surface area contributed by atoms with Gasteiger partial charge in [0.15, 0.2) is 12.7 Å². The molecule has 2 nitrogen and oxygen atoms in total. The third-order valence-corrected chi connectivity index (χ3v) is 9.03. The Kier molecular flexibility index (Phi) is 5.00. The molecule has 0 fully saturated rings. The first-order chi connectivity index (χ1) is 19.5. The van der Waals surface area contributed by atoms with Crippen molar-refractivity contribution < 1.29 is 8.98 Å². The molecule has 3 heterocycles. The summed E-state index contributed by atoms with van der Waals surface area (Å²) in [6.45, 7) is 7.71. The molecule has 0 N–H and O–H groups in total.